The van der Waals surface area contributed by atoms with Crippen molar-refractivity contribution in [3.05, 3.63) is 71.8 Å². The average molecular weight is 434 g/mol. The van der Waals surface area contributed by atoms with Crippen LogP contribution in [0.4, 0.5) is 0 Å². The van der Waals surface area contributed by atoms with Crippen molar-refractivity contribution in [2.75, 3.05) is 13.1 Å². The maximum absolute atomic E-state index is 3.43. The highest BCUT2D eigenvalue weighted by Gasteiger charge is 2.13. The van der Waals surface area contributed by atoms with Crippen LogP contribution < -0.4 is 5.32 Å². The van der Waals surface area contributed by atoms with Gasteiger partial charge in [-0.3, -0.25) is 0 Å². The predicted molar refractivity (Wildman–Crippen MR) is 140 cm³/mol. The Labute approximate surface area is 198 Å². The van der Waals surface area contributed by atoms with E-state index in [-0.39, 0.29) is 0 Å². The fourth-order valence-electron chi connectivity index (χ4n) is 5.46. The normalized spacial score (nSPS) is 17.5. The molecule has 2 fully saturated rings. The van der Waals surface area contributed by atoms with Crippen molar-refractivity contribution in [2.45, 2.75) is 96.3 Å². The van der Waals surface area contributed by atoms with Gasteiger partial charge < -0.3 is 5.32 Å². The lowest BCUT2D eigenvalue weighted by Gasteiger charge is -2.22. The molecule has 176 valence electrons. The summed E-state index contributed by atoms with van der Waals surface area (Å²) in [7, 11) is 0. The van der Waals surface area contributed by atoms with E-state index in [1.54, 1.807) is 0 Å². The van der Waals surface area contributed by atoms with Crippen LogP contribution in [0.1, 0.15) is 94.6 Å². The van der Waals surface area contributed by atoms with Gasteiger partial charge >= 0.3 is 0 Å². The molecule has 0 atom stereocenters. The van der Waals surface area contributed by atoms with Crippen LogP contribution in [0.5, 0.6) is 0 Å². The van der Waals surface area contributed by atoms with Crippen molar-refractivity contribution in [3.8, 4) is 0 Å². The van der Waals surface area contributed by atoms with Gasteiger partial charge in [0, 0.05) is 0 Å². The molecule has 1 aliphatic heterocycles. The molecule has 0 aromatic heterocycles. The molecular formula is C31H47N. The second-order valence-corrected chi connectivity index (χ2v) is 10.2. The molecule has 1 heterocycles. The zero-order valence-electron chi connectivity index (χ0n) is 20.4. The van der Waals surface area contributed by atoms with Crippen LogP contribution in [0.2, 0.25) is 0 Å². The third-order valence-corrected chi connectivity index (χ3v) is 7.52. The molecule has 0 spiro atoms. The number of hydrogen-bond acceptors (Lipinski definition) is 1. The van der Waals surface area contributed by atoms with E-state index in [9.17, 15) is 0 Å². The monoisotopic (exact) mass is 433 g/mol. The average Bonchev–Trinajstić information content (AvgIpc) is 2.88. The summed E-state index contributed by atoms with van der Waals surface area (Å²) in [6.07, 6.45) is 21.3. The Hall–Kier alpha value is -1.60. The van der Waals surface area contributed by atoms with Crippen molar-refractivity contribution in [1.82, 2.24) is 5.32 Å². The van der Waals surface area contributed by atoms with Crippen molar-refractivity contribution in [3.63, 3.8) is 0 Å². The number of nitrogens with one attached hydrogen (secondary N) is 1. The molecule has 1 saturated heterocycles. The van der Waals surface area contributed by atoms with Gasteiger partial charge in [-0.25, -0.2) is 0 Å². The maximum atomic E-state index is 3.43. The molecule has 0 radical (unpaired) electrons. The van der Waals surface area contributed by atoms with Crippen LogP contribution in [0.3, 0.4) is 0 Å². The molecule has 2 aliphatic rings. The molecule has 2 aromatic carbocycles. The highest BCUT2D eigenvalue weighted by molar-refractivity contribution is 5.15. The Bertz CT molecular complexity index is 607. The van der Waals surface area contributed by atoms with Gasteiger partial charge in [0.15, 0.2) is 0 Å². The van der Waals surface area contributed by atoms with Gasteiger partial charge in [0.1, 0.15) is 0 Å². The third-order valence-electron chi connectivity index (χ3n) is 7.52. The number of rotatable bonds is 10. The Balaban J connectivity index is 0.000000181. The van der Waals surface area contributed by atoms with E-state index in [0.29, 0.717) is 0 Å². The van der Waals surface area contributed by atoms with Crippen LogP contribution in [0, 0.1) is 11.8 Å². The zero-order valence-corrected chi connectivity index (χ0v) is 20.4. The summed E-state index contributed by atoms with van der Waals surface area (Å²) in [4.78, 5) is 0. The summed E-state index contributed by atoms with van der Waals surface area (Å²) in [6, 6.07) is 21.8. The molecule has 32 heavy (non-hydrogen) atoms. The first-order valence-electron chi connectivity index (χ1n) is 13.7. The molecule has 4 rings (SSSR count). The van der Waals surface area contributed by atoms with Gasteiger partial charge in [-0.2, -0.15) is 0 Å². The largest absolute Gasteiger partial charge is 0.317 e. The van der Waals surface area contributed by atoms with E-state index in [4.69, 9.17) is 0 Å². The minimum atomic E-state index is 0.997. The van der Waals surface area contributed by atoms with E-state index in [1.165, 1.54) is 121 Å². The summed E-state index contributed by atoms with van der Waals surface area (Å²) in [5.74, 6) is 2.06. The molecular weight excluding hydrogens is 386 g/mol. The van der Waals surface area contributed by atoms with Crippen molar-refractivity contribution >= 4 is 0 Å². The van der Waals surface area contributed by atoms with E-state index >= 15 is 0 Å². The van der Waals surface area contributed by atoms with Gasteiger partial charge in [0.25, 0.3) is 0 Å². The minimum absolute atomic E-state index is 0.997. The van der Waals surface area contributed by atoms with Crippen molar-refractivity contribution in [2.24, 2.45) is 11.8 Å². The molecule has 1 N–H and O–H groups in total. The third kappa shape index (κ3) is 10.8. The maximum Gasteiger partial charge on any atom is -0.00463 e. The number of hydrogen-bond donors (Lipinski definition) is 1. The van der Waals surface area contributed by atoms with Gasteiger partial charge in [-0.15, -0.1) is 0 Å². The van der Waals surface area contributed by atoms with Crippen LogP contribution in [0.15, 0.2) is 60.7 Å². The first-order chi connectivity index (χ1) is 15.9. The smallest absolute Gasteiger partial charge is 0.00463 e. The standard InChI is InChI=1S/C16H24.C15H23N/c1-3-9-15(10-4-1)13-7-8-14-16-11-5-2-6-12-16;1-2-6-14(7-3-1)8-4-5-9-15-10-12-16-13-11-15/h1,3-4,9-10,16H,2,5-8,11-14H2;1-3,6-7,15-16H,4-5,8-13H2. The lowest BCUT2D eigenvalue weighted by molar-refractivity contribution is 0.330. The van der Waals surface area contributed by atoms with Crippen molar-refractivity contribution in [1.29, 1.82) is 0 Å². The lowest BCUT2D eigenvalue weighted by Crippen LogP contribution is -2.27. The second-order valence-electron chi connectivity index (χ2n) is 10.2. The van der Waals surface area contributed by atoms with Crippen molar-refractivity contribution < 1.29 is 0 Å². The molecule has 0 bridgehead atoms. The van der Waals surface area contributed by atoms with Gasteiger partial charge in [-0.1, -0.05) is 118 Å². The molecule has 1 nitrogen and oxygen atoms in total. The zero-order chi connectivity index (χ0) is 22.1. The van der Waals surface area contributed by atoms with Crippen LogP contribution >= 0.6 is 0 Å². The minimum Gasteiger partial charge on any atom is -0.317 e. The number of unbranched alkanes of at least 4 members (excludes halogenated alkanes) is 2. The first-order valence-corrected chi connectivity index (χ1v) is 13.7. The fourth-order valence-corrected chi connectivity index (χ4v) is 5.46. The Morgan fingerprint density at radius 1 is 0.531 bits per heavy atom. The van der Waals surface area contributed by atoms with Gasteiger partial charge in [0.2, 0.25) is 0 Å². The second kappa shape index (κ2) is 16.1. The van der Waals surface area contributed by atoms with E-state index in [1.807, 2.05) is 0 Å². The summed E-state index contributed by atoms with van der Waals surface area (Å²) < 4.78 is 0. The van der Waals surface area contributed by atoms with Gasteiger partial charge in [-0.05, 0) is 74.6 Å². The Morgan fingerprint density at radius 2 is 1.00 bits per heavy atom. The number of aryl methyl sites for hydroxylation is 2. The quantitative estimate of drug-likeness (QED) is 0.371. The Morgan fingerprint density at radius 3 is 1.50 bits per heavy atom. The van der Waals surface area contributed by atoms with E-state index < -0.39 is 0 Å². The highest BCUT2D eigenvalue weighted by Crippen LogP contribution is 2.28. The predicted octanol–water partition coefficient (Wildman–Crippen LogP) is 8.38. The molecule has 2 aromatic rings. The topological polar surface area (TPSA) is 12.0 Å². The summed E-state index contributed by atoms with van der Waals surface area (Å²) in [6.45, 7) is 2.48. The fraction of sp³-hybridized carbons (Fsp3) is 0.613. The van der Waals surface area contributed by atoms with Gasteiger partial charge in [0.05, 0.1) is 0 Å². The molecule has 1 heteroatoms. The highest BCUT2D eigenvalue weighted by atomic mass is 14.9. The number of piperidine rings is 1. The van der Waals surface area contributed by atoms with Crippen LogP contribution in [-0.4, -0.2) is 13.1 Å². The summed E-state index contributed by atoms with van der Waals surface area (Å²) in [5.41, 5.74) is 3.00. The lowest BCUT2D eigenvalue weighted by atomic mass is 9.85. The first kappa shape index (κ1) is 25.0. The molecule has 1 saturated carbocycles. The van der Waals surface area contributed by atoms with E-state index in [2.05, 4.69) is 66.0 Å². The summed E-state index contributed by atoms with van der Waals surface area (Å²) in [5, 5.41) is 3.43. The molecule has 0 amide bonds. The molecule has 1 aliphatic carbocycles. The molecule has 0 unspecified atom stereocenters. The van der Waals surface area contributed by atoms with E-state index in [0.717, 1.165) is 11.8 Å². The van der Waals surface area contributed by atoms with Crippen LogP contribution in [-0.2, 0) is 12.8 Å². The summed E-state index contributed by atoms with van der Waals surface area (Å²) >= 11 is 0. The Kier molecular flexibility index (Phi) is 12.6. The van der Waals surface area contributed by atoms with Crippen LogP contribution in [0.25, 0.3) is 0 Å². The number of benzene rings is 2. The SMILES string of the molecule is c1ccc(CCCCC2CCCCC2)cc1.c1ccc(CCCCC2CCNCC2)cc1.